The molecule has 1 aliphatic carbocycles. The van der Waals surface area contributed by atoms with Crippen LogP contribution in [0.5, 0.6) is 0 Å². The lowest BCUT2D eigenvalue weighted by Gasteiger charge is -1.96. The van der Waals surface area contributed by atoms with Gasteiger partial charge in [0.15, 0.2) is 5.78 Å². The largest absolute Gasteiger partial charge is 0.377 e. The molecule has 0 heterocycles. The highest BCUT2D eigenvalue weighted by atomic mass is 16.5. The lowest BCUT2D eigenvalue weighted by atomic mass is 10.2. The van der Waals surface area contributed by atoms with Crippen molar-refractivity contribution in [3.63, 3.8) is 0 Å². The average Bonchev–Trinajstić information content (AvgIpc) is 2.67. The summed E-state index contributed by atoms with van der Waals surface area (Å²) < 4.78 is 4.71. The van der Waals surface area contributed by atoms with Gasteiger partial charge in [-0.15, -0.1) is 0 Å². The van der Waals surface area contributed by atoms with E-state index < -0.39 is 0 Å². The number of carbonyl (C=O) groups is 1. The molecular weight excluding hydrogens is 128 g/mol. The summed E-state index contributed by atoms with van der Waals surface area (Å²) in [6.45, 7) is 0.298. The van der Waals surface area contributed by atoms with Crippen molar-refractivity contribution >= 4 is 5.78 Å². The molecule has 0 aromatic carbocycles. The molecule has 1 fully saturated rings. The van der Waals surface area contributed by atoms with E-state index in [0.717, 1.165) is 18.8 Å². The zero-order valence-corrected chi connectivity index (χ0v) is 6.43. The van der Waals surface area contributed by atoms with E-state index in [1.165, 1.54) is 12.8 Å². The van der Waals surface area contributed by atoms with Crippen LogP contribution in [0.4, 0.5) is 0 Å². The maximum Gasteiger partial charge on any atom is 0.158 e. The minimum atomic E-state index is 0.245. The molecule has 58 valence electrons. The molecule has 0 radical (unpaired) electrons. The van der Waals surface area contributed by atoms with E-state index >= 15 is 0 Å². The third kappa shape index (κ3) is 2.97. The zero-order valence-electron chi connectivity index (χ0n) is 6.43. The number of ether oxygens (including phenoxy) is 1. The summed E-state index contributed by atoms with van der Waals surface area (Å²) in [5.41, 5.74) is 0. The summed E-state index contributed by atoms with van der Waals surface area (Å²) >= 11 is 0. The highest BCUT2D eigenvalue weighted by Crippen LogP contribution is 2.33. The Morgan fingerprint density at radius 3 is 2.80 bits per heavy atom. The van der Waals surface area contributed by atoms with Crippen LogP contribution in [-0.2, 0) is 9.53 Å². The minimum absolute atomic E-state index is 0.245. The second-order valence-corrected chi connectivity index (χ2v) is 2.95. The van der Waals surface area contributed by atoms with Crippen molar-refractivity contribution in [1.29, 1.82) is 0 Å². The third-order valence-electron chi connectivity index (χ3n) is 1.83. The Morgan fingerprint density at radius 1 is 1.60 bits per heavy atom. The van der Waals surface area contributed by atoms with E-state index in [1.807, 2.05) is 0 Å². The van der Waals surface area contributed by atoms with Crippen LogP contribution in [0.2, 0.25) is 0 Å². The molecule has 0 bridgehead atoms. The van der Waals surface area contributed by atoms with Gasteiger partial charge in [0.2, 0.25) is 0 Å². The van der Waals surface area contributed by atoms with Gasteiger partial charge in [0, 0.05) is 13.5 Å². The highest BCUT2D eigenvalue weighted by Gasteiger charge is 2.21. The van der Waals surface area contributed by atoms with Crippen LogP contribution in [0.25, 0.3) is 0 Å². The van der Waals surface area contributed by atoms with Crippen molar-refractivity contribution in [3.8, 4) is 0 Å². The molecule has 2 nitrogen and oxygen atoms in total. The van der Waals surface area contributed by atoms with Crippen LogP contribution in [0.15, 0.2) is 0 Å². The van der Waals surface area contributed by atoms with Crippen molar-refractivity contribution in [2.24, 2.45) is 5.92 Å². The predicted molar refractivity (Wildman–Crippen MR) is 38.8 cm³/mol. The van der Waals surface area contributed by atoms with E-state index in [2.05, 4.69) is 0 Å². The first-order valence-corrected chi connectivity index (χ1v) is 3.83. The molecule has 0 amide bonds. The summed E-state index contributed by atoms with van der Waals surface area (Å²) in [5.74, 6) is 1.11. The Labute approximate surface area is 61.6 Å². The number of hydrogen-bond acceptors (Lipinski definition) is 2. The second-order valence-electron chi connectivity index (χ2n) is 2.95. The fourth-order valence-corrected chi connectivity index (χ4v) is 1.00. The Hall–Kier alpha value is -0.370. The average molecular weight is 142 g/mol. The maximum atomic E-state index is 10.9. The van der Waals surface area contributed by atoms with E-state index in [4.69, 9.17) is 4.74 Å². The van der Waals surface area contributed by atoms with Gasteiger partial charge < -0.3 is 4.74 Å². The summed E-state index contributed by atoms with van der Waals surface area (Å²) in [6.07, 6.45) is 4.47. The molecule has 1 rings (SSSR count). The molecule has 10 heavy (non-hydrogen) atoms. The Morgan fingerprint density at radius 2 is 2.30 bits per heavy atom. The molecule has 0 spiro atoms. The molecule has 1 aliphatic rings. The van der Waals surface area contributed by atoms with E-state index in [1.54, 1.807) is 7.11 Å². The molecule has 0 unspecified atom stereocenters. The highest BCUT2D eigenvalue weighted by molar-refractivity contribution is 5.79. The Balaban J connectivity index is 1.94. The molecule has 0 aliphatic heterocycles. The van der Waals surface area contributed by atoms with Crippen LogP contribution < -0.4 is 0 Å². The minimum Gasteiger partial charge on any atom is -0.377 e. The SMILES string of the molecule is COCC(=O)CCC1CC1. The van der Waals surface area contributed by atoms with Crippen molar-refractivity contribution in [1.82, 2.24) is 0 Å². The fourth-order valence-electron chi connectivity index (χ4n) is 1.00. The van der Waals surface area contributed by atoms with Crippen LogP contribution in [0, 0.1) is 5.92 Å². The van der Waals surface area contributed by atoms with Crippen molar-refractivity contribution in [2.75, 3.05) is 13.7 Å². The summed E-state index contributed by atoms with van der Waals surface area (Å²) in [7, 11) is 1.56. The first-order valence-electron chi connectivity index (χ1n) is 3.83. The zero-order chi connectivity index (χ0) is 7.40. The Bertz CT molecular complexity index is 116. The van der Waals surface area contributed by atoms with Gasteiger partial charge in [0.25, 0.3) is 0 Å². The van der Waals surface area contributed by atoms with Gasteiger partial charge >= 0.3 is 0 Å². The van der Waals surface area contributed by atoms with Gasteiger partial charge in [-0.2, -0.15) is 0 Å². The predicted octanol–water partition coefficient (Wildman–Crippen LogP) is 1.39. The summed E-state index contributed by atoms with van der Waals surface area (Å²) in [6, 6.07) is 0. The van der Waals surface area contributed by atoms with Gasteiger partial charge in [-0.25, -0.2) is 0 Å². The molecule has 0 N–H and O–H groups in total. The molecule has 2 heteroatoms. The number of hydrogen-bond donors (Lipinski definition) is 0. The third-order valence-corrected chi connectivity index (χ3v) is 1.83. The molecular formula is C8H14O2. The first-order chi connectivity index (χ1) is 4.83. The lowest BCUT2D eigenvalue weighted by molar-refractivity contribution is -0.122. The fraction of sp³-hybridized carbons (Fsp3) is 0.875. The smallest absolute Gasteiger partial charge is 0.158 e. The molecule has 0 atom stereocenters. The van der Waals surface area contributed by atoms with Crippen LogP contribution in [0.1, 0.15) is 25.7 Å². The summed E-state index contributed by atoms with van der Waals surface area (Å²) in [4.78, 5) is 10.9. The normalized spacial score (nSPS) is 17.3. The van der Waals surface area contributed by atoms with E-state index in [9.17, 15) is 4.79 Å². The molecule has 1 saturated carbocycles. The number of ketones is 1. The monoisotopic (exact) mass is 142 g/mol. The van der Waals surface area contributed by atoms with Crippen molar-refractivity contribution in [2.45, 2.75) is 25.7 Å². The number of carbonyl (C=O) groups excluding carboxylic acids is 1. The molecule has 0 aromatic heterocycles. The van der Waals surface area contributed by atoms with E-state index in [-0.39, 0.29) is 5.78 Å². The first kappa shape index (κ1) is 7.73. The lowest BCUT2D eigenvalue weighted by Crippen LogP contribution is -2.05. The van der Waals surface area contributed by atoms with Gasteiger partial charge in [-0.05, 0) is 12.3 Å². The number of methoxy groups -OCH3 is 1. The molecule has 0 saturated heterocycles. The van der Waals surface area contributed by atoms with Crippen LogP contribution in [-0.4, -0.2) is 19.5 Å². The van der Waals surface area contributed by atoms with Gasteiger partial charge in [0.05, 0.1) is 0 Å². The van der Waals surface area contributed by atoms with Crippen molar-refractivity contribution in [3.05, 3.63) is 0 Å². The summed E-state index contributed by atoms with van der Waals surface area (Å²) in [5, 5.41) is 0. The number of rotatable bonds is 5. The van der Waals surface area contributed by atoms with E-state index in [0.29, 0.717) is 6.61 Å². The van der Waals surface area contributed by atoms with Crippen LogP contribution in [0.3, 0.4) is 0 Å². The standard InChI is InChI=1S/C8H14O2/c1-10-6-8(9)5-4-7-2-3-7/h7H,2-6H2,1H3. The quantitative estimate of drug-likeness (QED) is 0.580. The maximum absolute atomic E-state index is 10.9. The van der Waals surface area contributed by atoms with Crippen LogP contribution >= 0.6 is 0 Å². The molecule has 0 aromatic rings. The number of Topliss-reactive ketones (excluding diaryl/α,β-unsaturated/α-hetero) is 1. The van der Waals surface area contributed by atoms with Gasteiger partial charge in [-0.3, -0.25) is 4.79 Å². The van der Waals surface area contributed by atoms with Gasteiger partial charge in [-0.1, -0.05) is 12.8 Å². The Kier molecular flexibility index (Phi) is 2.87. The van der Waals surface area contributed by atoms with Crippen molar-refractivity contribution < 1.29 is 9.53 Å². The second kappa shape index (κ2) is 3.71. The van der Waals surface area contributed by atoms with Gasteiger partial charge in [0.1, 0.15) is 6.61 Å². The topological polar surface area (TPSA) is 26.3 Å².